The Bertz CT molecular complexity index is 405. The van der Waals surface area contributed by atoms with Crippen LogP contribution in [0.2, 0.25) is 0 Å². The zero-order valence-corrected chi connectivity index (χ0v) is 8.79. The highest BCUT2D eigenvalue weighted by Gasteiger charge is 2.51. The average molecular weight is 226 g/mol. The van der Waals surface area contributed by atoms with E-state index in [0.29, 0.717) is 11.3 Å². The van der Waals surface area contributed by atoms with E-state index >= 15 is 0 Å². The van der Waals surface area contributed by atoms with Gasteiger partial charge in [0.05, 0.1) is 0 Å². The molecule has 1 aromatic rings. The lowest BCUT2D eigenvalue weighted by atomic mass is 9.63. The fraction of sp³-hybridized carbons (Fsp3) is 0.667. The topological polar surface area (TPSA) is 76.2 Å². The van der Waals surface area contributed by atoms with Gasteiger partial charge in [0.15, 0.2) is 0 Å². The smallest absolute Gasteiger partial charge is 0.377 e. The SMILES string of the molecule is O=C(O)c1noc(C2CC3(CSC3)C2)n1. The lowest BCUT2D eigenvalue weighted by Gasteiger charge is -2.52. The number of hydrogen-bond acceptors (Lipinski definition) is 5. The van der Waals surface area contributed by atoms with Crippen LogP contribution in [-0.2, 0) is 0 Å². The second-order valence-electron chi connectivity index (χ2n) is 4.36. The van der Waals surface area contributed by atoms with Crippen molar-refractivity contribution in [2.24, 2.45) is 5.41 Å². The van der Waals surface area contributed by atoms with Gasteiger partial charge in [-0.05, 0) is 34.9 Å². The summed E-state index contributed by atoms with van der Waals surface area (Å²) >= 11 is 1.97. The fourth-order valence-corrected chi connectivity index (χ4v) is 3.53. The highest BCUT2D eigenvalue weighted by Crippen LogP contribution is 2.59. The molecule has 1 saturated carbocycles. The van der Waals surface area contributed by atoms with Crippen LogP contribution in [0.25, 0.3) is 0 Å². The molecule has 0 atom stereocenters. The first-order chi connectivity index (χ1) is 7.19. The van der Waals surface area contributed by atoms with Gasteiger partial charge in [-0.2, -0.15) is 16.7 Å². The second kappa shape index (κ2) is 2.98. The Morgan fingerprint density at radius 2 is 2.27 bits per heavy atom. The Labute approximate surface area is 90.2 Å². The monoisotopic (exact) mass is 226 g/mol. The molecule has 0 aromatic carbocycles. The summed E-state index contributed by atoms with van der Waals surface area (Å²) in [6, 6.07) is 0. The van der Waals surface area contributed by atoms with Gasteiger partial charge in [-0.3, -0.25) is 0 Å². The van der Waals surface area contributed by atoms with Gasteiger partial charge in [0, 0.05) is 5.92 Å². The van der Waals surface area contributed by atoms with Gasteiger partial charge in [-0.25, -0.2) is 4.79 Å². The maximum absolute atomic E-state index is 10.5. The van der Waals surface area contributed by atoms with Crippen molar-refractivity contribution in [3.05, 3.63) is 11.7 Å². The number of aromatic nitrogens is 2. The van der Waals surface area contributed by atoms with Crippen LogP contribution < -0.4 is 0 Å². The third kappa shape index (κ3) is 1.35. The molecule has 1 spiro atoms. The van der Waals surface area contributed by atoms with E-state index in [-0.39, 0.29) is 11.7 Å². The van der Waals surface area contributed by atoms with Crippen LogP contribution in [-0.4, -0.2) is 32.7 Å². The van der Waals surface area contributed by atoms with Gasteiger partial charge in [0.2, 0.25) is 5.89 Å². The molecule has 5 nitrogen and oxygen atoms in total. The van der Waals surface area contributed by atoms with Gasteiger partial charge in [0.25, 0.3) is 5.82 Å². The first kappa shape index (κ1) is 9.21. The van der Waals surface area contributed by atoms with Crippen molar-refractivity contribution in [1.29, 1.82) is 0 Å². The Morgan fingerprint density at radius 1 is 1.53 bits per heavy atom. The number of carboxylic acids is 1. The lowest BCUT2D eigenvalue weighted by Crippen LogP contribution is -2.46. The maximum Gasteiger partial charge on any atom is 0.377 e. The molecule has 0 unspecified atom stereocenters. The molecule has 6 heteroatoms. The predicted molar refractivity (Wildman–Crippen MR) is 53.0 cm³/mol. The first-order valence-electron chi connectivity index (χ1n) is 4.83. The minimum absolute atomic E-state index is 0.228. The summed E-state index contributed by atoms with van der Waals surface area (Å²) in [5, 5.41) is 12.1. The molecular formula is C9H10N2O3S. The summed E-state index contributed by atoms with van der Waals surface area (Å²) in [7, 11) is 0. The maximum atomic E-state index is 10.5. The van der Waals surface area contributed by atoms with E-state index < -0.39 is 5.97 Å². The van der Waals surface area contributed by atoms with Crippen LogP contribution in [0.1, 0.15) is 35.3 Å². The largest absolute Gasteiger partial charge is 0.475 e. The number of aromatic carboxylic acids is 1. The summed E-state index contributed by atoms with van der Waals surface area (Å²) in [4.78, 5) is 14.4. The molecule has 1 N–H and O–H groups in total. The number of nitrogens with zero attached hydrogens (tertiary/aromatic N) is 2. The molecule has 0 radical (unpaired) electrons. The summed E-state index contributed by atoms with van der Waals surface area (Å²) < 4.78 is 4.94. The van der Waals surface area contributed by atoms with E-state index in [4.69, 9.17) is 9.63 Å². The average Bonchev–Trinajstić information content (AvgIpc) is 2.47. The van der Waals surface area contributed by atoms with Crippen molar-refractivity contribution in [2.45, 2.75) is 18.8 Å². The molecule has 80 valence electrons. The van der Waals surface area contributed by atoms with Gasteiger partial charge >= 0.3 is 5.97 Å². The molecule has 1 aliphatic heterocycles. The summed E-state index contributed by atoms with van der Waals surface area (Å²) in [6.45, 7) is 0. The number of rotatable bonds is 2. The summed E-state index contributed by atoms with van der Waals surface area (Å²) in [6.07, 6.45) is 2.14. The van der Waals surface area contributed by atoms with Crippen molar-refractivity contribution in [3.63, 3.8) is 0 Å². The second-order valence-corrected chi connectivity index (χ2v) is 5.34. The van der Waals surface area contributed by atoms with E-state index in [1.54, 1.807) is 0 Å². The Balaban J connectivity index is 1.70. The predicted octanol–water partition coefficient (Wildman–Crippen LogP) is 1.38. The van der Waals surface area contributed by atoms with Crippen molar-refractivity contribution >= 4 is 17.7 Å². The zero-order valence-electron chi connectivity index (χ0n) is 7.97. The van der Waals surface area contributed by atoms with Crippen LogP contribution in [0.15, 0.2) is 4.52 Å². The molecule has 15 heavy (non-hydrogen) atoms. The van der Waals surface area contributed by atoms with Gasteiger partial charge in [-0.15, -0.1) is 0 Å². The molecule has 3 rings (SSSR count). The van der Waals surface area contributed by atoms with Crippen LogP contribution in [0.4, 0.5) is 0 Å². The molecular weight excluding hydrogens is 216 g/mol. The highest BCUT2D eigenvalue weighted by molar-refractivity contribution is 8.00. The number of carboxylic acid groups (broad SMARTS) is 1. The van der Waals surface area contributed by atoms with Crippen molar-refractivity contribution < 1.29 is 14.4 Å². The van der Waals surface area contributed by atoms with E-state index in [1.165, 1.54) is 11.5 Å². The van der Waals surface area contributed by atoms with Crippen LogP contribution >= 0.6 is 11.8 Å². The van der Waals surface area contributed by atoms with Crippen molar-refractivity contribution in [3.8, 4) is 0 Å². The number of hydrogen-bond donors (Lipinski definition) is 1. The standard InChI is InChI=1S/C9H10N2O3S/c12-8(13)6-10-7(14-11-6)5-1-9(2-5)3-15-4-9/h5H,1-4H2,(H,12,13). The third-order valence-corrected chi connectivity index (χ3v) is 4.79. The highest BCUT2D eigenvalue weighted by atomic mass is 32.2. The van der Waals surface area contributed by atoms with Gasteiger partial charge in [-0.1, -0.05) is 0 Å². The molecule has 1 saturated heterocycles. The van der Waals surface area contributed by atoms with Crippen LogP contribution in [0.5, 0.6) is 0 Å². The Kier molecular flexibility index (Phi) is 1.83. The molecule has 1 aliphatic carbocycles. The van der Waals surface area contributed by atoms with Crippen LogP contribution in [0.3, 0.4) is 0 Å². The van der Waals surface area contributed by atoms with Gasteiger partial charge in [0.1, 0.15) is 0 Å². The van der Waals surface area contributed by atoms with Crippen molar-refractivity contribution in [2.75, 3.05) is 11.5 Å². The van der Waals surface area contributed by atoms with Crippen LogP contribution in [0, 0.1) is 5.41 Å². The molecule has 0 amide bonds. The molecule has 2 fully saturated rings. The minimum atomic E-state index is -1.13. The quantitative estimate of drug-likeness (QED) is 0.821. The van der Waals surface area contributed by atoms with E-state index in [9.17, 15) is 4.79 Å². The normalized spacial score (nSPS) is 23.5. The third-order valence-electron chi connectivity index (χ3n) is 3.16. The molecule has 0 bridgehead atoms. The summed E-state index contributed by atoms with van der Waals surface area (Å²) in [5.41, 5.74) is 0.507. The fourth-order valence-electron chi connectivity index (χ4n) is 2.27. The van der Waals surface area contributed by atoms with E-state index in [1.807, 2.05) is 11.8 Å². The molecule has 2 aliphatic rings. The van der Waals surface area contributed by atoms with Gasteiger partial charge < -0.3 is 9.63 Å². The number of thioether (sulfide) groups is 1. The van der Waals surface area contributed by atoms with Crippen molar-refractivity contribution in [1.82, 2.24) is 10.1 Å². The Hall–Kier alpha value is -1.04. The van der Waals surface area contributed by atoms with E-state index in [2.05, 4.69) is 10.1 Å². The van der Waals surface area contributed by atoms with E-state index in [0.717, 1.165) is 12.8 Å². The minimum Gasteiger partial charge on any atom is -0.475 e. The number of carbonyl (C=O) groups is 1. The summed E-state index contributed by atoms with van der Waals surface area (Å²) in [5.74, 6) is 1.88. The zero-order chi connectivity index (χ0) is 10.5. The molecule has 1 aromatic heterocycles. The lowest BCUT2D eigenvalue weighted by molar-refractivity contribution is 0.0680. The Morgan fingerprint density at radius 3 is 2.73 bits per heavy atom. The molecule has 2 heterocycles. The first-order valence-corrected chi connectivity index (χ1v) is 5.99.